The first kappa shape index (κ1) is 18.1. The third-order valence-electron chi connectivity index (χ3n) is 5.78. The molecule has 0 N–H and O–H groups in total. The number of hydrogen-bond donors (Lipinski definition) is 0. The lowest BCUT2D eigenvalue weighted by molar-refractivity contribution is -0.132. The molecule has 28 heavy (non-hydrogen) atoms. The van der Waals surface area contributed by atoms with Gasteiger partial charge >= 0.3 is 0 Å². The summed E-state index contributed by atoms with van der Waals surface area (Å²) in [5.74, 6) is -1.63. The van der Waals surface area contributed by atoms with Crippen molar-refractivity contribution < 1.29 is 14.4 Å². The van der Waals surface area contributed by atoms with Gasteiger partial charge in [-0.1, -0.05) is 43.3 Å². The van der Waals surface area contributed by atoms with Crippen LogP contribution < -0.4 is 9.91 Å². The largest absolute Gasteiger partial charge is 0.274 e. The molecule has 0 unspecified atom stereocenters. The van der Waals surface area contributed by atoms with Crippen LogP contribution in [-0.2, 0) is 14.4 Å². The van der Waals surface area contributed by atoms with Crippen LogP contribution in [0.5, 0.6) is 0 Å². The first-order chi connectivity index (χ1) is 13.5. The second-order valence-corrected chi connectivity index (χ2v) is 7.12. The summed E-state index contributed by atoms with van der Waals surface area (Å²) in [6.45, 7) is 3.64. The van der Waals surface area contributed by atoms with Crippen LogP contribution in [0, 0.1) is 11.3 Å². The van der Waals surface area contributed by atoms with Crippen LogP contribution >= 0.6 is 0 Å². The zero-order valence-corrected chi connectivity index (χ0v) is 15.8. The van der Waals surface area contributed by atoms with Gasteiger partial charge in [0.1, 0.15) is 5.41 Å². The van der Waals surface area contributed by atoms with E-state index < -0.39 is 11.3 Å². The van der Waals surface area contributed by atoms with Gasteiger partial charge in [0, 0.05) is 6.42 Å². The predicted octanol–water partition coefficient (Wildman–Crippen LogP) is 3.39. The number of imide groups is 1. The van der Waals surface area contributed by atoms with Gasteiger partial charge in [-0.25, -0.2) is 0 Å². The molecule has 142 valence electrons. The van der Waals surface area contributed by atoms with E-state index in [1.54, 1.807) is 43.3 Å². The van der Waals surface area contributed by atoms with Crippen LogP contribution in [-0.4, -0.2) is 23.4 Å². The number of benzene rings is 2. The Balaban J connectivity index is 1.73. The SMILES string of the molecule is CC[C@]1([C@@H]2CC(=O)N(c3ccccc3)C2=O)C(=O)N(c2ccccc2)N=C1C. The highest BCUT2D eigenvalue weighted by molar-refractivity contribution is 6.27. The van der Waals surface area contributed by atoms with Crippen molar-refractivity contribution in [3.05, 3.63) is 60.7 Å². The fourth-order valence-corrected chi connectivity index (χ4v) is 4.29. The van der Waals surface area contributed by atoms with Crippen molar-refractivity contribution in [2.75, 3.05) is 9.91 Å². The van der Waals surface area contributed by atoms with Crippen LogP contribution in [0.1, 0.15) is 26.7 Å². The van der Waals surface area contributed by atoms with Crippen molar-refractivity contribution in [1.82, 2.24) is 0 Å². The Bertz CT molecular complexity index is 971. The second kappa shape index (κ2) is 6.71. The summed E-state index contributed by atoms with van der Waals surface area (Å²) in [7, 11) is 0. The number of para-hydroxylation sites is 2. The molecule has 2 aliphatic heterocycles. The van der Waals surface area contributed by atoms with Crippen molar-refractivity contribution in [1.29, 1.82) is 0 Å². The number of nitrogens with zero attached hydrogens (tertiary/aromatic N) is 3. The maximum atomic E-state index is 13.5. The molecule has 2 heterocycles. The molecular weight excluding hydrogens is 354 g/mol. The molecule has 4 rings (SSSR count). The fraction of sp³-hybridized carbons (Fsp3) is 0.273. The predicted molar refractivity (Wildman–Crippen MR) is 107 cm³/mol. The Morgan fingerprint density at radius 1 is 0.964 bits per heavy atom. The molecule has 0 radical (unpaired) electrons. The lowest BCUT2D eigenvalue weighted by atomic mass is 9.69. The van der Waals surface area contributed by atoms with Crippen molar-refractivity contribution >= 4 is 34.8 Å². The van der Waals surface area contributed by atoms with E-state index in [1.807, 2.05) is 31.2 Å². The van der Waals surface area contributed by atoms with E-state index >= 15 is 0 Å². The van der Waals surface area contributed by atoms with Crippen LogP contribution in [0.25, 0.3) is 0 Å². The van der Waals surface area contributed by atoms with E-state index in [9.17, 15) is 14.4 Å². The molecule has 0 bridgehead atoms. The molecule has 1 fully saturated rings. The minimum absolute atomic E-state index is 0.00278. The van der Waals surface area contributed by atoms with E-state index in [1.165, 1.54) is 9.91 Å². The quantitative estimate of drug-likeness (QED) is 0.769. The fourth-order valence-electron chi connectivity index (χ4n) is 4.29. The van der Waals surface area contributed by atoms with E-state index in [-0.39, 0.29) is 24.1 Å². The summed E-state index contributed by atoms with van der Waals surface area (Å²) in [6, 6.07) is 18.0. The van der Waals surface area contributed by atoms with Crippen molar-refractivity contribution in [2.24, 2.45) is 16.4 Å². The summed E-state index contributed by atoms with van der Waals surface area (Å²) in [5, 5.41) is 5.85. The standard InChI is InChI=1S/C22H21N3O3/c1-3-22(15(2)23-25(21(22)28)17-12-8-5-9-13-17)18-14-19(26)24(20(18)27)16-10-6-4-7-11-16/h4-13,18H,3,14H2,1-2H3/t18-,22+/m1/s1. The summed E-state index contributed by atoms with van der Waals surface area (Å²) in [6.07, 6.45) is 0.402. The number of carbonyl (C=O) groups is 3. The van der Waals surface area contributed by atoms with Gasteiger partial charge in [0.15, 0.2) is 0 Å². The molecule has 0 spiro atoms. The summed E-state index contributed by atoms with van der Waals surface area (Å²) in [4.78, 5) is 40.7. The van der Waals surface area contributed by atoms with Gasteiger partial charge < -0.3 is 0 Å². The van der Waals surface area contributed by atoms with Gasteiger partial charge in [-0.05, 0) is 37.6 Å². The molecule has 0 aliphatic carbocycles. The lowest BCUT2D eigenvalue weighted by Crippen LogP contribution is -2.47. The number of hydrazone groups is 1. The smallest absolute Gasteiger partial charge is 0.260 e. The van der Waals surface area contributed by atoms with Gasteiger partial charge in [0.2, 0.25) is 11.8 Å². The zero-order valence-electron chi connectivity index (χ0n) is 15.8. The van der Waals surface area contributed by atoms with Crippen molar-refractivity contribution in [3.8, 4) is 0 Å². The number of rotatable bonds is 4. The van der Waals surface area contributed by atoms with Crippen LogP contribution in [0.3, 0.4) is 0 Å². The number of anilines is 2. The number of hydrogen-bond acceptors (Lipinski definition) is 4. The van der Waals surface area contributed by atoms with Gasteiger partial charge in [-0.3, -0.25) is 19.3 Å². The third-order valence-corrected chi connectivity index (χ3v) is 5.78. The Morgan fingerprint density at radius 3 is 2.11 bits per heavy atom. The van der Waals surface area contributed by atoms with E-state index in [2.05, 4.69) is 5.10 Å². The Hall–Kier alpha value is -3.28. The highest BCUT2D eigenvalue weighted by atomic mass is 16.2. The molecule has 2 atom stereocenters. The molecule has 2 aromatic rings. The first-order valence-electron chi connectivity index (χ1n) is 9.38. The Kier molecular flexibility index (Phi) is 4.34. The highest BCUT2D eigenvalue weighted by Crippen LogP contribution is 2.46. The van der Waals surface area contributed by atoms with Gasteiger partial charge in [0.05, 0.1) is 23.0 Å². The van der Waals surface area contributed by atoms with E-state index in [0.29, 0.717) is 23.5 Å². The minimum atomic E-state index is -1.11. The molecule has 6 nitrogen and oxygen atoms in total. The molecule has 2 aromatic carbocycles. The average molecular weight is 375 g/mol. The molecule has 3 amide bonds. The highest BCUT2D eigenvalue weighted by Gasteiger charge is 2.60. The molecule has 1 saturated heterocycles. The summed E-state index contributed by atoms with van der Waals surface area (Å²) in [5.41, 5.74) is 0.654. The first-order valence-corrected chi connectivity index (χ1v) is 9.38. The van der Waals surface area contributed by atoms with Gasteiger partial charge in [0.25, 0.3) is 5.91 Å². The Morgan fingerprint density at radius 2 is 1.54 bits per heavy atom. The van der Waals surface area contributed by atoms with Gasteiger partial charge in [-0.15, -0.1) is 0 Å². The van der Waals surface area contributed by atoms with Crippen LogP contribution in [0.2, 0.25) is 0 Å². The topological polar surface area (TPSA) is 70.1 Å². The Labute approximate surface area is 163 Å². The molecule has 0 saturated carbocycles. The average Bonchev–Trinajstić information content (AvgIpc) is 3.16. The van der Waals surface area contributed by atoms with Crippen molar-refractivity contribution in [3.63, 3.8) is 0 Å². The zero-order chi connectivity index (χ0) is 19.9. The molecular formula is C22H21N3O3. The van der Waals surface area contributed by atoms with Crippen LogP contribution in [0.4, 0.5) is 11.4 Å². The van der Waals surface area contributed by atoms with Crippen molar-refractivity contribution in [2.45, 2.75) is 26.7 Å². The summed E-state index contributed by atoms with van der Waals surface area (Å²) >= 11 is 0. The maximum absolute atomic E-state index is 13.5. The second-order valence-electron chi connectivity index (χ2n) is 7.12. The monoisotopic (exact) mass is 375 g/mol. The molecule has 6 heteroatoms. The maximum Gasteiger partial charge on any atom is 0.260 e. The third kappa shape index (κ3) is 2.48. The van der Waals surface area contributed by atoms with Crippen LogP contribution in [0.15, 0.2) is 65.8 Å². The van der Waals surface area contributed by atoms with E-state index in [0.717, 1.165) is 0 Å². The lowest BCUT2D eigenvalue weighted by Gasteiger charge is -2.31. The van der Waals surface area contributed by atoms with E-state index in [4.69, 9.17) is 0 Å². The minimum Gasteiger partial charge on any atom is -0.274 e. The normalized spacial score (nSPS) is 24.9. The number of amides is 3. The molecule has 2 aliphatic rings. The number of carbonyl (C=O) groups excluding carboxylic acids is 3. The van der Waals surface area contributed by atoms with Gasteiger partial charge in [-0.2, -0.15) is 10.1 Å². The summed E-state index contributed by atoms with van der Waals surface area (Å²) < 4.78 is 0. The molecule has 0 aromatic heterocycles.